The van der Waals surface area contributed by atoms with E-state index in [2.05, 4.69) is 4.98 Å². The van der Waals surface area contributed by atoms with Crippen LogP contribution in [0, 0.1) is 0 Å². The Morgan fingerprint density at radius 2 is 1.95 bits per heavy atom. The number of nitrogens with two attached hydrogens (primary N) is 1. The molecule has 3 nitrogen and oxygen atoms in total. The fourth-order valence-electron chi connectivity index (χ4n) is 2.22. The van der Waals surface area contributed by atoms with Gasteiger partial charge in [0, 0.05) is 43.4 Å². The summed E-state index contributed by atoms with van der Waals surface area (Å²) in [6.45, 7) is 2.97. The first kappa shape index (κ1) is 17.9. The number of alkyl halides is 3. The summed E-state index contributed by atoms with van der Waals surface area (Å²) in [5.74, 6) is 0. The third kappa shape index (κ3) is 6.44. The normalized spacial score (nSPS) is 15.2. The number of pyridine rings is 1. The van der Waals surface area contributed by atoms with Crippen molar-refractivity contribution in [3.8, 4) is 0 Å². The van der Waals surface area contributed by atoms with Crippen molar-refractivity contribution in [2.75, 3.05) is 20.1 Å². The van der Waals surface area contributed by atoms with Crippen LogP contribution in [0.2, 0.25) is 0 Å². The lowest BCUT2D eigenvalue weighted by atomic mass is 9.92. The van der Waals surface area contributed by atoms with Crippen molar-refractivity contribution in [1.29, 1.82) is 0 Å². The molecule has 1 aromatic rings. The van der Waals surface area contributed by atoms with Crippen molar-refractivity contribution in [2.45, 2.75) is 44.3 Å². The van der Waals surface area contributed by atoms with Crippen molar-refractivity contribution < 1.29 is 13.2 Å². The van der Waals surface area contributed by atoms with Crippen molar-refractivity contribution in [1.82, 2.24) is 9.88 Å². The Morgan fingerprint density at radius 1 is 1.24 bits per heavy atom. The number of rotatable bonds is 8. The quantitative estimate of drug-likeness (QED) is 0.803. The van der Waals surface area contributed by atoms with E-state index in [4.69, 9.17) is 5.73 Å². The molecule has 0 bridgehead atoms. The zero-order chi connectivity index (χ0) is 15.9. The van der Waals surface area contributed by atoms with Crippen LogP contribution in [0.1, 0.15) is 31.9 Å². The number of halogens is 3. The molecule has 0 saturated carbocycles. The average Bonchev–Trinajstić information content (AvgIpc) is 2.44. The van der Waals surface area contributed by atoms with Crippen LogP contribution >= 0.6 is 0 Å². The van der Waals surface area contributed by atoms with E-state index in [0.29, 0.717) is 13.0 Å². The molecule has 0 aliphatic heterocycles. The van der Waals surface area contributed by atoms with E-state index in [1.807, 2.05) is 37.1 Å². The summed E-state index contributed by atoms with van der Waals surface area (Å²) in [6, 6.07) is 5.72. The van der Waals surface area contributed by atoms with Crippen LogP contribution in [0.4, 0.5) is 13.2 Å². The maximum Gasteiger partial charge on any atom is 0.389 e. The van der Waals surface area contributed by atoms with Crippen LogP contribution in [0.25, 0.3) is 0 Å². The van der Waals surface area contributed by atoms with Crippen LogP contribution in [-0.4, -0.2) is 41.7 Å². The number of hydrogen-bond acceptors (Lipinski definition) is 3. The molecule has 0 saturated heterocycles. The van der Waals surface area contributed by atoms with Crippen LogP contribution in [0.5, 0.6) is 0 Å². The highest BCUT2D eigenvalue weighted by Crippen LogP contribution is 2.26. The van der Waals surface area contributed by atoms with Gasteiger partial charge in [0.1, 0.15) is 0 Å². The Kier molecular flexibility index (Phi) is 6.61. The fraction of sp³-hybridized carbons (Fsp3) is 0.667. The molecule has 6 heteroatoms. The highest BCUT2D eigenvalue weighted by Gasteiger charge is 2.31. The van der Waals surface area contributed by atoms with E-state index in [0.717, 1.165) is 18.7 Å². The lowest BCUT2D eigenvalue weighted by Crippen LogP contribution is -2.50. The molecule has 2 N–H and O–H groups in total. The maximum absolute atomic E-state index is 12.3. The molecule has 0 radical (unpaired) electrons. The van der Waals surface area contributed by atoms with Crippen molar-refractivity contribution in [2.24, 2.45) is 5.73 Å². The van der Waals surface area contributed by atoms with Gasteiger partial charge in [0.2, 0.25) is 0 Å². The summed E-state index contributed by atoms with van der Waals surface area (Å²) in [6.07, 6.45) is -1.82. The van der Waals surface area contributed by atoms with E-state index in [1.54, 1.807) is 6.20 Å². The first-order valence-electron chi connectivity index (χ1n) is 7.15. The second kappa shape index (κ2) is 7.75. The second-order valence-corrected chi connectivity index (χ2v) is 5.66. The number of nitrogens with zero attached hydrogens (tertiary/aromatic N) is 2. The Morgan fingerprint density at radius 3 is 2.48 bits per heavy atom. The first-order chi connectivity index (χ1) is 9.77. The Labute approximate surface area is 124 Å². The molecule has 0 fully saturated rings. The van der Waals surface area contributed by atoms with Gasteiger partial charge in [-0.05, 0) is 38.9 Å². The van der Waals surface area contributed by atoms with Gasteiger partial charge in [-0.15, -0.1) is 0 Å². The van der Waals surface area contributed by atoms with Gasteiger partial charge in [-0.1, -0.05) is 6.07 Å². The SMILES string of the molecule is CN(CCc1ccccn1)C(C)(CN)CCCC(F)(F)F. The van der Waals surface area contributed by atoms with Gasteiger partial charge in [0.25, 0.3) is 0 Å². The summed E-state index contributed by atoms with van der Waals surface area (Å²) in [5, 5.41) is 0. The molecule has 1 unspecified atom stereocenters. The summed E-state index contributed by atoms with van der Waals surface area (Å²) in [7, 11) is 1.91. The van der Waals surface area contributed by atoms with Crippen molar-refractivity contribution in [3.63, 3.8) is 0 Å². The van der Waals surface area contributed by atoms with Gasteiger partial charge in [0.15, 0.2) is 0 Å². The molecule has 0 aliphatic rings. The van der Waals surface area contributed by atoms with Crippen molar-refractivity contribution in [3.05, 3.63) is 30.1 Å². The topological polar surface area (TPSA) is 42.2 Å². The van der Waals surface area contributed by atoms with Crippen LogP contribution in [0.3, 0.4) is 0 Å². The Balaban J connectivity index is 2.48. The lowest BCUT2D eigenvalue weighted by Gasteiger charge is -2.38. The monoisotopic (exact) mass is 303 g/mol. The summed E-state index contributed by atoms with van der Waals surface area (Å²) < 4.78 is 36.8. The second-order valence-electron chi connectivity index (χ2n) is 5.66. The number of aromatic nitrogens is 1. The van der Waals surface area contributed by atoms with E-state index >= 15 is 0 Å². The van der Waals surface area contributed by atoms with E-state index in [1.165, 1.54) is 0 Å². The van der Waals surface area contributed by atoms with Gasteiger partial charge < -0.3 is 5.73 Å². The molecule has 1 aromatic heterocycles. The van der Waals surface area contributed by atoms with Crippen molar-refractivity contribution >= 4 is 0 Å². The van der Waals surface area contributed by atoms with Crippen LogP contribution < -0.4 is 5.73 Å². The minimum absolute atomic E-state index is 0.102. The molecular formula is C15H24F3N3. The van der Waals surface area contributed by atoms with Gasteiger partial charge in [-0.3, -0.25) is 9.88 Å². The maximum atomic E-state index is 12.3. The van der Waals surface area contributed by atoms with Gasteiger partial charge in [-0.2, -0.15) is 13.2 Å². The first-order valence-corrected chi connectivity index (χ1v) is 7.15. The molecule has 1 rings (SSSR count). The Hall–Kier alpha value is -1.14. The molecule has 0 amide bonds. The predicted molar refractivity (Wildman–Crippen MR) is 77.9 cm³/mol. The summed E-state index contributed by atoms with van der Waals surface area (Å²) in [5.41, 5.74) is 6.34. The van der Waals surface area contributed by atoms with E-state index in [-0.39, 0.29) is 6.42 Å². The average molecular weight is 303 g/mol. The number of likely N-dealkylation sites (N-methyl/N-ethyl adjacent to an activating group) is 1. The lowest BCUT2D eigenvalue weighted by molar-refractivity contribution is -0.136. The number of hydrogen-bond donors (Lipinski definition) is 1. The molecule has 1 heterocycles. The summed E-state index contributed by atoms with van der Waals surface area (Å²) in [4.78, 5) is 6.29. The zero-order valence-corrected chi connectivity index (χ0v) is 12.7. The molecule has 0 aromatic carbocycles. The van der Waals surface area contributed by atoms with Crippen LogP contribution in [-0.2, 0) is 6.42 Å². The smallest absolute Gasteiger partial charge is 0.329 e. The molecule has 120 valence electrons. The third-order valence-electron chi connectivity index (χ3n) is 3.97. The van der Waals surface area contributed by atoms with Crippen LogP contribution in [0.15, 0.2) is 24.4 Å². The van der Waals surface area contributed by atoms with Gasteiger partial charge in [-0.25, -0.2) is 0 Å². The predicted octanol–water partition coefficient (Wildman–Crippen LogP) is 3.01. The zero-order valence-electron chi connectivity index (χ0n) is 12.7. The van der Waals surface area contributed by atoms with Gasteiger partial charge in [0.05, 0.1) is 0 Å². The minimum Gasteiger partial charge on any atom is -0.329 e. The molecule has 1 atom stereocenters. The fourth-order valence-corrected chi connectivity index (χ4v) is 2.22. The highest BCUT2D eigenvalue weighted by molar-refractivity contribution is 5.04. The molecular weight excluding hydrogens is 279 g/mol. The van der Waals surface area contributed by atoms with E-state index in [9.17, 15) is 13.2 Å². The Bertz CT molecular complexity index is 408. The minimum atomic E-state index is -4.10. The van der Waals surface area contributed by atoms with Gasteiger partial charge >= 0.3 is 6.18 Å². The standard InChI is InChI=1S/C15H24F3N3/c1-14(12-19,8-5-9-15(16,17)18)21(2)11-7-13-6-3-4-10-20-13/h3-4,6,10H,5,7-9,11-12,19H2,1-2H3. The largest absolute Gasteiger partial charge is 0.389 e. The van der Waals surface area contributed by atoms with E-state index < -0.39 is 18.1 Å². The molecule has 0 spiro atoms. The summed E-state index contributed by atoms with van der Waals surface area (Å²) >= 11 is 0. The molecule has 0 aliphatic carbocycles. The molecule has 21 heavy (non-hydrogen) atoms. The third-order valence-corrected chi connectivity index (χ3v) is 3.97. The highest BCUT2D eigenvalue weighted by atomic mass is 19.4.